The first-order chi connectivity index (χ1) is 10.5. The summed E-state index contributed by atoms with van der Waals surface area (Å²) in [5, 5.41) is 9.44. The highest BCUT2D eigenvalue weighted by Gasteiger charge is 2.30. The van der Waals surface area contributed by atoms with Crippen LogP contribution in [0.4, 0.5) is 4.79 Å². The van der Waals surface area contributed by atoms with E-state index in [1.807, 2.05) is 6.92 Å². The molecule has 7 nitrogen and oxygen atoms in total. The SMILES string of the molecule is CC(C)CC[C@@H](C)NC(=O)N1CCCC[C@H]1c1n[nH]c(=O)[nH]1. The Morgan fingerprint density at radius 3 is 2.77 bits per heavy atom. The van der Waals surface area contributed by atoms with Crippen LogP contribution in [0.3, 0.4) is 0 Å². The molecule has 0 aromatic carbocycles. The molecule has 2 heterocycles. The Hall–Kier alpha value is -1.79. The number of aromatic nitrogens is 3. The fourth-order valence-corrected chi connectivity index (χ4v) is 2.85. The molecule has 1 aromatic heterocycles. The summed E-state index contributed by atoms with van der Waals surface area (Å²) >= 11 is 0. The Bertz CT molecular complexity index is 536. The Morgan fingerprint density at radius 2 is 2.14 bits per heavy atom. The van der Waals surface area contributed by atoms with Crippen LogP contribution in [-0.4, -0.2) is 38.7 Å². The number of aromatic amines is 2. The van der Waals surface area contributed by atoms with Crippen molar-refractivity contribution in [1.29, 1.82) is 0 Å². The van der Waals surface area contributed by atoms with Crippen LogP contribution < -0.4 is 11.0 Å². The molecule has 1 aromatic rings. The molecule has 0 unspecified atom stereocenters. The van der Waals surface area contributed by atoms with E-state index in [0.717, 1.165) is 32.1 Å². The molecule has 2 rings (SSSR count). The van der Waals surface area contributed by atoms with E-state index in [0.29, 0.717) is 18.3 Å². The van der Waals surface area contributed by atoms with Crippen LogP contribution >= 0.6 is 0 Å². The van der Waals surface area contributed by atoms with Crippen molar-refractivity contribution in [2.24, 2.45) is 5.92 Å². The van der Waals surface area contributed by atoms with Crippen LogP contribution in [0, 0.1) is 5.92 Å². The number of carbonyl (C=O) groups excluding carboxylic acids is 1. The first-order valence-electron chi connectivity index (χ1n) is 8.19. The molecule has 0 aliphatic carbocycles. The molecule has 1 aliphatic rings. The minimum atomic E-state index is -0.328. The van der Waals surface area contributed by atoms with Gasteiger partial charge in [0.25, 0.3) is 0 Å². The van der Waals surface area contributed by atoms with E-state index in [4.69, 9.17) is 0 Å². The van der Waals surface area contributed by atoms with E-state index in [1.165, 1.54) is 0 Å². The van der Waals surface area contributed by atoms with E-state index in [9.17, 15) is 9.59 Å². The maximum atomic E-state index is 12.5. The number of nitrogens with one attached hydrogen (secondary N) is 3. The molecule has 0 bridgehead atoms. The van der Waals surface area contributed by atoms with Crippen LogP contribution in [0.15, 0.2) is 4.79 Å². The molecular weight excluding hydrogens is 282 g/mol. The molecule has 0 saturated carbocycles. The number of rotatable bonds is 5. The topological polar surface area (TPSA) is 93.9 Å². The Labute approximate surface area is 130 Å². The van der Waals surface area contributed by atoms with E-state index >= 15 is 0 Å². The van der Waals surface area contributed by atoms with E-state index in [2.05, 4.69) is 34.3 Å². The van der Waals surface area contributed by atoms with Gasteiger partial charge in [0, 0.05) is 12.6 Å². The Balaban J connectivity index is 1.98. The smallest absolute Gasteiger partial charge is 0.336 e. The summed E-state index contributed by atoms with van der Waals surface area (Å²) in [6, 6.07) is -0.0643. The highest BCUT2D eigenvalue weighted by atomic mass is 16.2. The largest absolute Gasteiger partial charge is 0.340 e. The lowest BCUT2D eigenvalue weighted by Crippen LogP contribution is -2.47. The monoisotopic (exact) mass is 309 g/mol. The summed E-state index contributed by atoms with van der Waals surface area (Å²) in [7, 11) is 0. The number of urea groups is 1. The maximum Gasteiger partial charge on any atom is 0.340 e. The summed E-state index contributed by atoms with van der Waals surface area (Å²) in [5.41, 5.74) is -0.328. The van der Waals surface area contributed by atoms with Gasteiger partial charge in [-0.05, 0) is 44.9 Å². The minimum absolute atomic E-state index is 0.0650. The van der Waals surface area contributed by atoms with Gasteiger partial charge < -0.3 is 10.2 Å². The Morgan fingerprint density at radius 1 is 1.36 bits per heavy atom. The lowest BCUT2D eigenvalue weighted by Gasteiger charge is -2.35. The van der Waals surface area contributed by atoms with Crippen molar-refractivity contribution in [3.8, 4) is 0 Å². The fraction of sp³-hybridized carbons (Fsp3) is 0.800. The van der Waals surface area contributed by atoms with E-state index in [-0.39, 0.29) is 23.8 Å². The highest BCUT2D eigenvalue weighted by molar-refractivity contribution is 5.75. The van der Waals surface area contributed by atoms with Gasteiger partial charge in [0.05, 0.1) is 6.04 Å². The van der Waals surface area contributed by atoms with Crippen molar-refractivity contribution in [2.45, 2.75) is 65.0 Å². The van der Waals surface area contributed by atoms with Gasteiger partial charge in [0.15, 0.2) is 5.82 Å². The third kappa shape index (κ3) is 4.35. The van der Waals surface area contributed by atoms with Crippen molar-refractivity contribution in [1.82, 2.24) is 25.4 Å². The average molecular weight is 309 g/mol. The van der Waals surface area contributed by atoms with Gasteiger partial charge in [-0.3, -0.25) is 4.98 Å². The molecule has 1 fully saturated rings. The summed E-state index contributed by atoms with van der Waals surface area (Å²) < 4.78 is 0. The summed E-state index contributed by atoms with van der Waals surface area (Å²) in [6.45, 7) is 7.10. The second-order valence-corrected chi connectivity index (χ2v) is 6.59. The highest BCUT2D eigenvalue weighted by Crippen LogP contribution is 2.28. The average Bonchev–Trinajstić information content (AvgIpc) is 2.91. The van der Waals surface area contributed by atoms with E-state index in [1.54, 1.807) is 4.90 Å². The second-order valence-electron chi connectivity index (χ2n) is 6.59. The third-order valence-corrected chi connectivity index (χ3v) is 4.15. The second kappa shape index (κ2) is 7.47. The van der Waals surface area contributed by atoms with Gasteiger partial charge in [-0.15, -0.1) is 0 Å². The zero-order valence-corrected chi connectivity index (χ0v) is 13.7. The minimum Gasteiger partial charge on any atom is -0.336 e. The van der Waals surface area contributed by atoms with Crippen LogP contribution in [0.25, 0.3) is 0 Å². The number of piperidine rings is 1. The molecule has 0 spiro atoms. The Kier molecular flexibility index (Phi) is 5.63. The van der Waals surface area contributed by atoms with Crippen LogP contribution in [0.2, 0.25) is 0 Å². The molecule has 7 heteroatoms. The molecule has 0 radical (unpaired) electrons. The number of likely N-dealkylation sites (tertiary alicyclic amines) is 1. The van der Waals surface area contributed by atoms with Crippen molar-refractivity contribution in [3.05, 3.63) is 16.3 Å². The van der Waals surface area contributed by atoms with Gasteiger partial charge in [0.1, 0.15) is 0 Å². The van der Waals surface area contributed by atoms with Crippen molar-refractivity contribution in [2.75, 3.05) is 6.54 Å². The van der Waals surface area contributed by atoms with Crippen LogP contribution in [-0.2, 0) is 0 Å². The van der Waals surface area contributed by atoms with E-state index < -0.39 is 0 Å². The fourth-order valence-electron chi connectivity index (χ4n) is 2.85. The van der Waals surface area contributed by atoms with Crippen molar-refractivity contribution >= 4 is 6.03 Å². The lowest BCUT2D eigenvalue weighted by molar-refractivity contribution is 0.144. The number of H-pyrrole nitrogens is 2. The normalized spacial score (nSPS) is 20.2. The van der Waals surface area contributed by atoms with Gasteiger partial charge >= 0.3 is 11.7 Å². The van der Waals surface area contributed by atoms with Gasteiger partial charge in [-0.2, -0.15) is 5.10 Å². The summed E-state index contributed by atoms with van der Waals surface area (Å²) in [6.07, 6.45) is 4.92. The quantitative estimate of drug-likeness (QED) is 0.778. The summed E-state index contributed by atoms with van der Waals surface area (Å²) in [4.78, 5) is 28.2. The van der Waals surface area contributed by atoms with Gasteiger partial charge in [0.2, 0.25) is 0 Å². The molecular formula is C15H27N5O2. The molecule has 124 valence electrons. The van der Waals surface area contributed by atoms with Crippen molar-refractivity contribution < 1.29 is 4.79 Å². The molecule has 2 amide bonds. The zero-order chi connectivity index (χ0) is 16.1. The zero-order valence-electron chi connectivity index (χ0n) is 13.7. The molecule has 1 saturated heterocycles. The first kappa shape index (κ1) is 16.6. The maximum absolute atomic E-state index is 12.5. The standard InChI is InChI=1S/C15H27N5O2/c1-10(2)7-8-11(3)16-15(22)20-9-5-4-6-12(20)13-17-14(21)19-18-13/h10-12H,4-9H2,1-3H3,(H,16,22)(H2,17,18,19,21)/t11-,12+/m1/s1. The first-order valence-corrected chi connectivity index (χ1v) is 8.19. The van der Waals surface area contributed by atoms with Crippen LogP contribution in [0.5, 0.6) is 0 Å². The molecule has 2 atom stereocenters. The lowest BCUT2D eigenvalue weighted by atomic mass is 10.0. The third-order valence-electron chi connectivity index (χ3n) is 4.15. The number of hydrogen-bond donors (Lipinski definition) is 3. The molecule has 3 N–H and O–H groups in total. The predicted octanol–water partition coefficient (Wildman–Crippen LogP) is 2.16. The number of amides is 2. The van der Waals surface area contributed by atoms with Gasteiger partial charge in [-0.25, -0.2) is 14.7 Å². The number of nitrogens with zero attached hydrogens (tertiary/aromatic N) is 2. The van der Waals surface area contributed by atoms with Crippen molar-refractivity contribution in [3.63, 3.8) is 0 Å². The number of carbonyl (C=O) groups is 1. The van der Waals surface area contributed by atoms with Gasteiger partial charge in [-0.1, -0.05) is 13.8 Å². The summed E-state index contributed by atoms with van der Waals surface area (Å²) in [5.74, 6) is 1.19. The number of hydrogen-bond acceptors (Lipinski definition) is 3. The molecule has 22 heavy (non-hydrogen) atoms. The predicted molar refractivity (Wildman–Crippen MR) is 84.6 cm³/mol. The molecule has 1 aliphatic heterocycles. The van der Waals surface area contributed by atoms with Crippen LogP contribution in [0.1, 0.15) is 64.7 Å².